The van der Waals surface area contributed by atoms with Crippen LogP contribution in [0.5, 0.6) is 11.5 Å². The lowest BCUT2D eigenvalue weighted by Gasteiger charge is -2.09. The molecule has 0 radical (unpaired) electrons. The number of benzene rings is 2. The van der Waals surface area contributed by atoms with Crippen LogP contribution in [0.4, 0.5) is 0 Å². The molecule has 2 aromatic carbocycles. The van der Waals surface area contributed by atoms with E-state index in [9.17, 15) is 0 Å². The van der Waals surface area contributed by atoms with E-state index in [4.69, 9.17) is 15.2 Å². The minimum absolute atomic E-state index is 0.338. The Balaban J connectivity index is 2.10. The van der Waals surface area contributed by atoms with Crippen molar-refractivity contribution in [3.8, 4) is 23.3 Å². The van der Waals surface area contributed by atoms with E-state index in [1.165, 1.54) is 0 Å². The van der Waals surface area contributed by atoms with Crippen molar-refractivity contribution in [1.82, 2.24) is 0 Å². The van der Waals surface area contributed by atoms with Crippen molar-refractivity contribution < 1.29 is 9.47 Å². The van der Waals surface area contributed by atoms with Crippen LogP contribution < -0.4 is 15.2 Å². The van der Waals surface area contributed by atoms with E-state index < -0.39 is 0 Å². The van der Waals surface area contributed by atoms with Crippen molar-refractivity contribution in [2.24, 2.45) is 5.73 Å². The monoisotopic (exact) mass is 267 g/mol. The minimum atomic E-state index is 0.338. The number of ether oxygens (including phenoxy) is 2. The molecule has 0 aliphatic rings. The molecule has 0 unspecified atom stereocenters. The Hall–Kier alpha value is -2.44. The van der Waals surface area contributed by atoms with Gasteiger partial charge < -0.3 is 15.2 Å². The lowest BCUT2D eigenvalue weighted by atomic mass is 10.2. The first-order valence-electron chi connectivity index (χ1n) is 6.37. The Bertz CT molecular complexity index is 626. The average Bonchev–Trinajstić information content (AvgIpc) is 2.52. The Morgan fingerprint density at radius 2 is 1.95 bits per heavy atom. The zero-order valence-electron chi connectivity index (χ0n) is 11.4. The molecule has 0 atom stereocenters. The second-order valence-electron chi connectivity index (χ2n) is 4.14. The molecule has 2 rings (SSSR count). The molecule has 0 bridgehead atoms. The van der Waals surface area contributed by atoms with Gasteiger partial charge in [-0.3, -0.25) is 0 Å². The van der Waals surface area contributed by atoms with E-state index in [1.54, 1.807) is 7.11 Å². The van der Waals surface area contributed by atoms with Gasteiger partial charge in [0.25, 0.3) is 0 Å². The quantitative estimate of drug-likeness (QED) is 0.866. The Kier molecular flexibility index (Phi) is 5.05. The zero-order valence-corrected chi connectivity index (χ0v) is 11.4. The Labute approximate surface area is 119 Å². The van der Waals surface area contributed by atoms with Gasteiger partial charge in [0.2, 0.25) is 0 Å². The summed E-state index contributed by atoms with van der Waals surface area (Å²) in [5, 5.41) is 0. The van der Waals surface area contributed by atoms with Crippen LogP contribution >= 0.6 is 0 Å². The van der Waals surface area contributed by atoms with Crippen molar-refractivity contribution in [3.63, 3.8) is 0 Å². The van der Waals surface area contributed by atoms with E-state index in [-0.39, 0.29) is 0 Å². The number of methoxy groups -OCH3 is 1. The van der Waals surface area contributed by atoms with E-state index in [2.05, 4.69) is 11.8 Å². The van der Waals surface area contributed by atoms with Crippen LogP contribution in [0.3, 0.4) is 0 Å². The summed E-state index contributed by atoms with van der Waals surface area (Å²) in [5.41, 5.74) is 7.29. The van der Waals surface area contributed by atoms with Crippen LogP contribution in [0.1, 0.15) is 11.1 Å². The second-order valence-corrected chi connectivity index (χ2v) is 4.14. The molecular formula is C17H17NO2. The standard InChI is InChI=1S/C17H17NO2/c1-19-16-9-4-6-14(12-16)13-20-17-10-3-2-7-15(17)8-5-11-18/h2-4,6-7,9-10,12H,11,13,18H2,1H3. The second kappa shape index (κ2) is 7.22. The molecule has 0 saturated heterocycles. The van der Waals surface area contributed by atoms with Gasteiger partial charge in [-0.05, 0) is 29.8 Å². The van der Waals surface area contributed by atoms with Crippen molar-refractivity contribution in [3.05, 3.63) is 59.7 Å². The van der Waals surface area contributed by atoms with E-state index in [0.717, 1.165) is 22.6 Å². The van der Waals surface area contributed by atoms with Crippen LogP contribution in [-0.4, -0.2) is 13.7 Å². The fraction of sp³-hybridized carbons (Fsp3) is 0.176. The van der Waals surface area contributed by atoms with Crippen molar-refractivity contribution >= 4 is 0 Å². The molecule has 20 heavy (non-hydrogen) atoms. The van der Waals surface area contributed by atoms with Crippen LogP contribution in [0.2, 0.25) is 0 Å². The van der Waals surface area contributed by atoms with Crippen molar-refractivity contribution in [2.75, 3.05) is 13.7 Å². The van der Waals surface area contributed by atoms with Gasteiger partial charge >= 0.3 is 0 Å². The van der Waals surface area contributed by atoms with E-state index >= 15 is 0 Å². The Morgan fingerprint density at radius 1 is 1.10 bits per heavy atom. The van der Waals surface area contributed by atoms with Crippen LogP contribution in [0.25, 0.3) is 0 Å². The maximum atomic E-state index is 5.82. The number of rotatable bonds is 4. The van der Waals surface area contributed by atoms with E-state index in [1.807, 2.05) is 48.5 Å². The van der Waals surface area contributed by atoms with Gasteiger partial charge in [0.15, 0.2) is 0 Å². The minimum Gasteiger partial charge on any atom is -0.497 e. The average molecular weight is 267 g/mol. The molecule has 3 nitrogen and oxygen atoms in total. The topological polar surface area (TPSA) is 44.5 Å². The lowest BCUT2D eigenvalue weighted by molar-refractivity contribution is 0.304. The number of hydrogen-bond acceptors (Lipinski definition) is 3. The van der Waals surface area contributed by atoms with Crippen molar-refractivity contribution in [2.45, 2.75) is 6.61 Å². The first kappa shape index (κ1) is 14.0. The summed E-state index contributed by atoms with van der Waals surface area (Å²) in [7, 11) is 1.65. The van der Waals surface area contributed by atoms with Gasteiger partial charge in [0.1, 0.15) is 18.1 Å². The fourth-order valence-corrected chi connectivity index (χ4v) is 1.77. The SMILES string of the molecule is COc1cccc(COc2ccccc2C#CCN)c1. The Morgan fingerprint density at radius 3 is 2.75 bits per heavy atom. The van der Waals surface area contributed by atoms with Crippen molar-refractivity contribution in [1.29, 1.82) is 0 Å². The summed E-state index contributed by atoms with van der Waals surface area (Å²) in [6.07, 6.45) is 0. The summed E-state index contributed by atoms with van der Waals surface area (Å²) in [6.45, 7) is 0.808. The highest BCUT2D eigenvalue weighted by molar-refractivity contribution is 5.46. The van der Waals surface area contributed by atoms with Gasteiger partial charge in [0.05, 0.1) is 19.2 Å². The lowest BCUT2D eigenvalue weighted by Crippen LogP contribution is -1.98. The number of hydrogen-bond donors (Lipinski definition) is 1. The third-order valence-electron chi connectivity index (χ3n) is 2.74. The largest absolute Gasteiger partial charge is 0.497 e. The normalized spacial score (nSPS) is 9.50. The van der Waals surface area contributed by atoms with Gasteiger partial charge in [-0.1, -0.05) is 36.1 Å². The molecule has 0 aliphatic carbocycles. The van der Waals surface area contributed by atoms with Gasteiger partial charge in [0, 0.05) is 0 Å². The molecule has 0 amide bonds. The molecular weight excluding hydrogens is 250 g/mol. The van der Waals surface area contributed by atoms with Gasteiger partial charge in [-0.25, -0.2) is 0 Å². The highest BCUT2D eigenvalue weighted by Crippen LogP contribution is 2.19. The molecule has 0 aromatic heterocycles. The highest BCUT2D eigenvalue weighted by Gasteiger charge is 2.01. The van der Waals surface area contributed by atoms with Crippen LogP contribution in [0, 0.1) is 11.8 Å². The highest BCUT2D eigenvalue weighted by atomic mass is 16.5. The summed E-state index contributed by atoms with van der Waals surface area (Å²) in [5.74, 6) is 7.43. The van der Waals surface area contributed by atoms with E-state index in [0.29, 0.717) is 13.2 Å². The molecule has 102 valence electrons. The zero-order chi connectivity index (χ0) is 14.2. The third-order valence-corrected chi connectivity index (χ3v) is 2.74. The van der Waals surface area contributed by atoms with Crippen LogP contribution in [0.15, 0.2) is 48.5 Å². The summed E-state index contributed by atoms with van der Waals surface area (Å²) >= 11 is 0. The molecule has 2 N–H and O–H groups in total. The fourth-order valence-electron chi connectivity index (χ4n) is 1.77. The molecule has 0 saturated carbocycles. The molecule has 0 heterocycles. The number of para-hydroxylation sites is 1. The first-order valence-corrected chi connectivity index (χ1v) is 6.37. The predicted octanol–water partition coefficient (Wildman–Crippen LogP) is 2.58. The molecule has 0 spiro atoms. The number of nitrogens with two attached hydrogens (primary N) is 1. The predicted molar refractivity (Wildman–Crippen MR) is 79.7 cm³/mol. The summed E-state index contributed by atoms with van der Waals surface area (Å²) < 4.78 is 11.0. The third kappa shape index (κ3) is 3.78. The molecule has 0 fully saturated rings. The maximum Gasteiger partial charge on any atom is 0.135 e. The van der Waals surface area contributed by atoms with Crippen LogP contribution in [-0.2, 0) is 6.61 Å². The smallest absolute Gasteiger partial charge is 0.135 e. The van der Waals surface area contributed by atoms with Gasteiger partial charge in [-0.2, -0.15) is 0 Å². The molecule has 3 heteroatoms. The maximum absolute atomic E-state index is 5.82. The molecule has 0 aliphatic heterocycles. The molecule has 2 aromatic rings. The summed E-state index contributed by atoms with van der Waals surface area (Å²) in [6, 6.07) is 15.5. The van der Waals surface area contributed by atoms with Gasteiger partial charge in [-0.15, -0.1) is 0 Å². The summed E-state index contributed by atoms with van der Waals surface area (Å²) in [4.78, 5) is 0. The first-order chi connectivity index (χ1) is 9.83.